The molecular formula is C17H22BrN5O2. The van der Waals surface area contributed by atoms with Gasteiger partial charge < -0.3 is 9.64 Å². The SMILES string of the molecule is CCCCOC(=O)N1CCc2c(nnn2C(C)c2cccnc2Br)C1. The van der Waals surface area contributed by atoms with Gasteiger partial charge in [-0.05, 0) is 35.3 Å². The van der Waals surface area contributed by atoms with Gasteiger partial charge in [0.2, 0.25) is 0 Å². The Morgan fingerprint density at radius 2 is 2.32 bits per heavy atom. The average Bonchev–Trinajstić information content (AvgIpc) is 3.05. The van der Waals surface area contributed by atoms with Gasteiger partial charge in [-0.2, -0.15) is 0 Å². The number of nitrogens with zero attached hydrogens (tertiary/aromatic N) is 5. The number of aromatic nitrogens is 4. The number of hydrogen-bond donors (Lipinski definition) is 0. The molecule has 3 rings (SSSR count). The quantitative estimate of drug-likeness (QED) is 0.561. The zero-order valence-corrected chi connectivity index (χ0v) is 16.1. The summed E-state index contributed by atoms with van der Waals surface area (Å²) in [5.41, 5.74) is 2.96. The number of hydrogen-bond acceptors (Lipinski definition) is 5. The van der Waals surface area contributed by atoms with Crippen molar-refractivity contribution in [3.8, 4) is 0 Å². The van der Waals surface area contributed by atoms with Crippen LogP contribution in [0, 0.1) is 0 Å². The molecule has 0 N–H and O–H groups in total. The number of carbonyl (C=O) groups is 1. The summed E-state index contributed by atoms with van der Waals surface area (Å²) >= 11 is 3.50. The number of fused-ring (bicyclic) bond motifs is 1. The Kier molecular flexibility index (Phi) is 5.67. The van der Waals surface area contributed by atoms with Crippen LogP contribution < -0.4 is 0 Å². The third-order valence-electron chi connectivity index (χ3n) is 4.42. The summed E-state index contributed by atoms with van der Waals surface area (Å²) in [6, 6.07) is 3.95. The first-order chi connectivity index (χ1) is 12.1. The fourth-order valence-electron chi connectivity index (χ4n) is 2.93. The minimum absolute atomic E-state index is 0.0161. The van der Waals surface area contributed by atoms with E-state index in [9.17, 15) is 4.79 Å². The molecule has 3 heterocycles. The Morgan fingerprint density at radius 1 is 1.48 bits per heavy atom. The molecule has 2 aromatic heterocycles. The molecule has 1 amide bonds. The van der Waals surface area contributed by atoms with Crippen LogP contribution >= 0.6 is 15.9 Å². The van der Waals surface area contributed by atoms with Gasteiger partial charge in [0.25, 0.3) is 0 Å². The molecule has 0 bridgehead atoms. The van der Waals surface area contributed by atoms with E-state index in [0.717, 1.165) is 34.4 Å². The first-order valence-corrected chi connectivity index (χ1v) is 9.36. The lowest BCUT2D eigenvalue weighted by atomic mass is 10.1. The monoisotopic (exact) mass is 407 g/mol. The smallest absolute Gasteiger partial charge is 0.410 e. The number of pyridine rings is 1. The second-order valence-corrected chi connectivity index (χ2v) is 6.88. The van der Waals surface area contributed by atoms with Crippen LogP contribution in [0.4, 0.5) is 4.79 Å². The largest absolute Gasteiger partial charge is 0.449 e. The zero-order valence-electron chi connectivity index (χ0n) is 14.5. The molecule has 0 aromatic carbocycles. The number of rotatable bonds is 5. The molecule has 8 heteroatoms. The van der Waals surface area contributed by atoms with E-state index in [1.807, 2.05) is 16.8 Å². The highest BCUT2D eigenvalue weighted by molar-refractivity contribution is 9.10. The average molecular weight is 408 g/mol. The molecule has 7 nitrogen and oxygen atoms in total. The van der Waals surface area contributed by atoms with Crippen LogP contribution in [0.25, 0.3) is 0 Å². The fraction of sp³-hybridized carbons (Fsp3) is 0.529. The Morgan fingerprint density at radius 3 is 3.08 bits per heavy atom. The van der Waals surface area contributed by atoms with Gasteiger partial charge in [0.05, 0.1) is 24.9 Å². The van der Waals surface area contributed by atoms with Gasteiger partial charge in [-0.25, -0.2) is 14.5 Å². The highest BCUT2D eigenvalue weighted by Gasteiger charge is 2.28. The van der Waals surface area contributed by atoms with Crippen LogP contribution in [0.15, 0.2) is 22.9 Å². The minimum atomic E-state index is -0.267. The van der Waals surface area contributed by atoms with Gasteiger partial charge in [0.15, 0.2) is 0 Å². The van der Waals surface area contributed by atoms with Gasteiger partial charge in [-0.3, -0.25) is 0 Å². The summed E-state index contributed by atoms with van der Waals surface area (Å²) in [5.74, 6) is 0. The second kappa shape index (κ2) is 7.95. The second-order valence-electron chi connectivity index (χ2n) is 6.13. The van der Waals surface area contributed by atoms with E-state index in [0.29, 0.717) is 26.1 Å². The van der Waals surface area contributed by atoms with Gasteiger partial charge in [-0.1, -0.05) is 24.6 Å². The van der Waals surface area contributed by atoms with Crippen LogP contribution in [0.3, 0.4) is 0 Å². The molecule has 0 fully saturated rings. The highest BCUT2D eigenvalue weighted by atomic mass is 79.9. The van der Waals surface area contributed by atoms with Crippen molar-refractivity contribution in [3.05, 3.63) is 39.9 Å². The summed E-state index contributed by atoms with van der Waals surface area (Å²) in [4.78, 5) is 18.1. The normalized spacial score (nSPS) is 14.9. The lowest BCUT2D eigenvalue weighted by Gasteiger charge is -2.26. The van der Waals surface area contributed by atoms with E-state index in [4.69, 9.17) is 4.74 Å². The number of halogens is 1. The van der Waals surface area contributed by atoms with Gasteiger partial charge >= 0.3 is 6.09 Å². The molecule has 0 saturated carbocycles. The molecule has 0 saturated heterocycles. The van der Waals surface area contributed by atoms with Crippen molar-refractivity contribution in [2.75, 3.05) is 13.2 Å². The van der Waals surface area contributed by atoms with Crippen LogP contribution in [0.1, 0.15) is 49.7 Å². The Hall–Kier alpha value is -1.96. The van der Waals surface area contributed by atoms with Crippen molar-refractivity contribution in [1.29, 1.82) is 0 Å². The Bertz CT molecular complexity index is 748. The Balaban J connectivity index is 1.72. The third-order valence-corrected chi connectivity index (χ3v) is 5.08. The minimum Gasteiger partial charge on any atom is -0.449 e. The highest BCUT2D eigenvalue weighted by Crippen LogP contribution is 2.27. The predicted molar refractivity (Wildman–Crippen MR) is 96.1 cm³/mol. The molecule has 0 radical (unpaired) electrons. The lowest BCUT2D eigenvalue weighted by molar-refractivity contribution is 0.0958. The van der Waals surface area contributed by atoms with E-state index in [-0.39, 0.29) is 12.1 Å². The maximum absolute atomic E-state index is 12.1. The third kappa shape index (κ3) is 3.84. The summed E-state index contributed by atoms with van der Waals surface area (Å²) in [5, 5.41) is 8.61. The molecule has 1 aliphatic heterocycles. The number of ether oxygens (including phenoxy) is 1. The maximum Gasteiger partial charge on any atom is 0.410 e. The van der Waals surface area contributed by atoms with Gasteiger partial charge in [0.1, 0.15) is 10.3 Å². The van der Waals surface area contributed by atoms with Crippen LogP contribution in [-0.2, 0) is 17.7 Å². The lowest BCUT2D eigenvalue weighted by Crippen LogP contribution is -2.37. The van der Waals surface area contributed by atoms with Gasteiger partial charge in [-0.15, -0.1) is 5.10 Å². The molecular weight excluding hydrogens is 386 g/mol. The van der Waals surface area contributed by atoms with Crippen LogP contribution in [-0.4, -0.2) is 44.1 Å². The van der Waals surface area contributed by atoms with E-state index >= 15 is 0 Å². The fourth-order valence-corrected chi connectivity index (χ4v) is 3.51. The molecule has 0 aliphatic carbocycles. The molecule has 25 heavy (non-hydrogen) atoms. The van der Waals surface area contributed by atoms with Crippen molar-refractivity contribution in [3.63, 3.8) is 0 Å². The summed E-state index contributed by atoms with van der Waals surface area (Å²) in [6.07, 6.45) is 4.09. The summed E-state index contributed by atoms with van der Waals surface area (Å²) in [7, 11) is 0. The molecule has 134 valence electrons. The summed E-state index contributed by atoms with van der Waals surface area (Å²) < 4.78 is 8.03. The van der Waals surface area contributed by atoms with E-state index in [1.165, 1.54) is 0 Å². The van der Waals surface area contributed by atoms with Crippen molar-refractivity contribution < 1.29 is 9.53 Å². The summed E-state index contributed by atoms with van der Waals surface area (Å²) in [6.45, 7) is 5.67. The standard InChI is InChI=1S/C17H22BrN5O2/c1-3-4-10-25-17(24)22-9-7-15-14(11-22)20-21-23(15)12(2)13-6-5-8-19-16(13)18/h5-6,8,12H,3-4,7,9-11H2,1-2H3. The zero-order chi connectivity index (χ0) is 17.8. The predicted octanol–water partition coefficient (Wildman–Crippen LogP) is 3.34. The number of amides is 1. The molecule has 2 aromatic rings. The topological polar surface area (TPSA) is 73.1 Å². The van der Waals surface area contributed by atoms with Gasteiger partial charge in [0, 0.05) is 24.7 Å². The van der Waals surface area contributed by atoms with Crippen molar-refractivity contribution in [2.45, 2.75) is 45.7 Å². The van der Waals surface area contributed by atoms with Crippen LogP contribution in [0.5, 0.6) is 0 Å². The first-order valence-electron chi connectivity index (χ1n) is 8.56. The molecule has 1 aliphatic rings. The Labute approximate surface area is 155 Å². The molecule has 1 unspecified atom stereocenters. The first kappa shape index (κ1) is 17.8. The number of unbranched alkanes of at least 4 members (excludes halogenated alkanes) is 1. The maximum atomic E-state index is 12.1. The molecule has 0 spiro atoms. The van der Waals surface area contributed by atoms with Crippen molar-refractivity contribution in [1.82, 2.24) is 24.9 Å². The van der Waals surface area contributed by atoms with E-state index in [2.05, 4.69) is 45.1 Å². The molecule has 1 atom stereocenters. The van der Waals surface area contributed by atoms with Crippen molar-refractivity contribution in [2.24, 2.45) is 0 Å². The number of carbonyl (C=O) groups excluding carboxylic acids is 1. The van der Waals surface area contributed by atoms with Crippen LogP contribution in [0.2, 0.25) is 0 Å². The van der Waals surface area contributed by atoms with E-state index in [1.54, 1.807) is 11.1 Å². The van der Waals surface area contributed by atoms with Crippen molar-refractivity contribution >= 4 is 22.0 Å². The van der Waals surface area contributed by atoms with E-state index < -0.39 is 0 Å².